The minimum Gasteiger partial charge on any atom is -0.349 e. The van der Waals surface area contributed by atoms with E-state index < -0.39 is 0 Å². The van der Waals surface area contributed by atoms with Crippen molar-refractivity contribution in [1.29, 1.82) is 0 Å². The molecular formula is C22H25N5OS. The van der Waals surface area contributed by atoms with Crippen molar-refractivity contribution in [2.75, 3.05) is 5.75 Å². The van der Waals surface area contributed by atoms with E-state index in [1.807, 2.05) is 29.8 Å². The molecule has 4 rings (SSSR count). The lowest BCUT2D eigenvalue weighted by atomic mass is 10.0. The van der Waals surface area contributed by atoms with E-state index in [1.165, 1.54) is 35.7 Å². The number of carbonyl (C=O) groups excluding carboxylic acids is 1. The first-order chi connectivity index (χ1) is 14.2. The Morgan fingerprint density at radius 3 is 2.52 bits per heavy atom. The van der Waals surface area contributed by atoms with Crippen molar-refractivity contribution in [2.45, 2.75) is 49.8 Å². The Kier molecular flexibility index (Phi) is 6.24. The summed E-state index contributed by atoms with van der Waals surface area (Å²) in [5.74, 6) is 0.287. The van der Waals surface area contributed by atoms with E-state index in [0.29, 0.717) is 11.8 Å². The van der Waals surface area contributed by atoms with Gasteiger partial charge in [-0.25, -0.2) is 4.68 Å². The highest BCUT2D eigenvalue weighted by atomic mass is 32.2. The Balaban J connectivity index is 1.31. The summed E-state index contributed by atoms with van der Waals surface area (Å²) < 4.78 is 1.89. The summed E-state index contributed by atoms with van der Waals surface area (Å²) >= 11 is 1.40. The minimum absolute atomic E-state index is 0.0180. The van der Waals surface area contributed by atoms with Crippen LogP contribution >= 0.6 is 11.8 Å². The molecule has 0 saturated heterocycles. The van der Waals surface area contributed by atoms with Crippen molar-refractivity contribution in [3.8, 4) is 11.1 Å². The maximum atomic E-state index is 12.4. The van der Waals surface area contributed by atoms with Crippen molar-refractivity contribution < 1.29 is 4.79 Å². The van der Waals surface area contributed by atoms with Crippen LogP contribution in [0, 0.1) is 0 Å². The number of thioether (sulfide) groups is 1. The molecule has 150 valence electrons. The molecule has 29 heavy (non-hydrogen) atoms. The van der Waals surface area contributed by atoms with Crippen LogP contribution in [0.4, 0.5) is 0 Å². The molecule has 1 amide bonds. The van der Waals surface area contributed by atoms with Gasteiger partial charge in [-0.2, -0.15) is 0 Å². The lowest BCUT2D eigenvalue weighted by Gasteiger charge is -2.15. The van der Waals surface area contributed by atoms with Crippen LogP contribution in [0.5, 0.6) is 0 Å². The molecule has 7 heteroatoms. The lowest BCUT2D eigenvalue weighted by molar-refractivity contribution is -0.119. The van der Waals surface area contributed by atoms with Gasteiger partial charge in [0.05, 0.1) is 17.8 Å². The molecule has 1 atom stereocenters. The number of carbonyl (C=O) groups is 1. The quantitative estimate of drug-likeness (QED) is 0.587. The van der Waals surface area contributed by atoms with Crippen LogP contribution in [-0.4, -0.2) is 31.9 Å². The van der Waals surface area contributed by atoms with Gasteiger partial charge >= 0.3 is 0 Å². The Hall–Kier alpha value is -2.67. The number of hydrogen-bond donors (Lipinski definition) is 1. The molecule has 1 unspecified atom stereocenters. The van der Waals surface area contributed by atoms with Gasteiger partial charge in [-0.15, -0.1) is 5.10 Å². The second kappa shape index (κ2) is 9.22. The predicted octanol–water partition coefficient (Wildman–Crippen LogP) is 4.42. The molecule has 1 heterocycles. The number of hydrogen-bond acceptors (Lipinski definition) is 5. The zero-order chi connectivity index (χ0) is 20.1. The van der Waals surface area contributed by atoms with Crippen molar-refractivity contribution in [2.24, 2.45) is 0 Å². The number of nitrogens with one attached hydrogen (secondary N) is 1. The van der Waals surface area contributed by atoms with E-state index in [-0.39, 0.29) is 11.9 Å². The largest absolute Gasteiger partial charge is 0.349 e. The van der Waals surface area contributed by atoms with E-state index in [9.17, 15) is 4.79 Å². The first kappa shape index (κ1) is 19.6. The van der Waals surface area contributed by atoms with Gasteiger partial charge in [-0.05, 0) is 46.9 Å². The molecule has 0 spiro atoms. The molecule has 1 aromatic heterocycles. The lowest BCUT2D eigenvalue weighted by Crippen LogP contribution is -2.28. The molecule has 1 N–H and O–H groups in total. The van der Waals surface area contributed by atoms with Gasteiger partial charge in [0.2, 0.25) is 11.1 Å². The Morgan fingerprint density at radius 1 is 1.10 bits per heavy atom. The first-order valence-electron chi connectivity index (χ1n) is 10.1. The fourth-order valence-electron chi connectivity index (χ4n) is 3.75. The van der Waals surface area contributed by atoms with Crippen LogP contribution in [0.3, 0.4) is 0 Å². The molecule has 1 aliphatic rings. The minimum atomic E-state index is -0.0567. The van der Waals surface area contributed by atoms with Gasteiger partial charge < -0.3 is 5.32 Å². The van der Waals surface area contributed by atoms with Crippen molar-refractivity contribution >= 4 is 17.7 Å². The molecule has 3 aromatic rings. The van der Waals surface area contributed by atoms with Crippen LogP contribution in [0.1, 0.15) is 50.3 Å². The first-order valence-corrected chi connectivity index (χ1v) is 11.0. The highest BCUT2D eigenvalue weighted by molar-refractivity contribution is 7.99. The molecule has 0 bridgehead atoms. The highest BCUT2D eigenvalue weighted by Crippen LogP contribution is 2.31. The van der Waals surface area contributed by atoms with Gasteiger partial charge in [-0.1, -0.05) is 79.2 Å². The maximum Gasteiger partial charge on any atom is 0.230 e. The Labute approximate surface area is 175 Å². The van der Waals surface area contributed by atoms with E-state index in [4.69, 9.17) is 0 Å². The predicted molar refractivity (Wildman–Crippen MR) is 114 cm³/mol. The summed E-state index contributed by atoms with van der Waals surface area (Å²) in [4.78, 5) is 12.4. The number of amides is 1. The molecule has 1 fully saturated rings. The normalized spacial score (nSPS) is 15.3. The molecule has 1 saturated carbocycles. The third-order valence-corrected chi connectivity index (χ3v) is 6.29. The summed E-state index contributed by atoms with van der Waals surface area (Å²) in [5, 5.41) is 15.8. The molecule has 0 radical (unpaired) electrons. The summed E-state index contributed by atoms with van der Waals surface area (Å²) in [7, 11) is 0. The van der Waals surface area contributed by atoms with E-state index in [1.54, 1.807) is 0 Å². The third-order valence-electron chi connectivity index (χ3n) is 5.36. The van der Waals surface area contributed by atoms with Crippen molar-refractivity contribution in [3.05, 3.63) is 60.2 Å². The summed E-state index contributed by atoms with van der Waals surface area (Å²) in [6.07, 6.45) is 4.66. The average Bonchev–Trinajstić information content (AvgIpc) is 3.44. The maximum absolute atomic E-state index is 12.4. The van der Waals surface area contributed by atoms with E-state index in [2.05, 4.69) is 57.2 Å². The Morgan fingerprint density at radius 2 is 1.79 bits per heavy atom. The number of rotatable bonds is 7. The van der Waals surface area contributed by atoms with Gasteiger partial charge in [0.15, 0.2) is 0 Å². The number of nitrogens with zero attached hydrogens (tertiary/aromatic N) is 4. The topological polar surface area (TPSA) is 72.7 Å². The van der Waals surface area contributed by atoms with Crippen molar-refractivity contribution in [3.63, 3.8) is 0 Å². The highest BCUT2D eigenvalue weighted by Gasteiger charge is 2.22. The van der Waals surface area contributed by atoms with E-state index in [0.717, 1.165) is 23.6 Å². The number of benzene rings is 2. The van der Waals surface area contributed by atoms with Crippen LogP contribution < -0.4 is 5.32 Å². The Bertz CT molecular complexity index is 935. The van der Waals surface area contributed by atoms with Gasteiger partial charge in [0.25, 0.3) is 0 Å². The summed E-state index contributed by atoms with van der Waals surface area (Å²) in [6.45, 7) is 2.00. The van der Waals surface area contributed by atoms with Crippen molar-refractivity contribution in [1.82, 2.24) is 25.5 Å². The third kappa shape index (κ3) is 4.85. The fourth-order valence-corrected chi connectivity index (χ4v) is 4.51. The van der Waals surface area contributed by atoms with Crippen LogP contribution in [-0.2, 0) is 4.79 Å². The van der Waals surface area contributed by atoms with Gasteiger partial charge in [0, 0.05) is 0 Å². The van der Waals surface area contributed by atoms with Crippen LogP contribution in [0.25, 0.3) is 11.1 Å². The second-order valence-electron chi connectivity index (χ2n) is 7.41. The smallest absolute Gasteiger partial charge is 0.230 e. The fraction of sp³-hybridized carbons (Fsp3) is 0.364. The SMILES string of the molecule is CC(NC(=O)CSc1nnnn1C1CCCC1)c1ccc(-c2ccccc2)cc1. The number of tetrazole rings is 1. The zero-order valence-electron chi connectivity index (χ0n) is 16.5. The van der Waals surface area contributed by atoms with Gasteiger partial charge in [-0.3, -0.25) is 4.79 Å². The molecule has 2 aromatic carbocycles. The number of aromatic nitrogens is 4. The monoisotopic (exact) mass is 407 g/mol. The van der Waals surface area contributed by atoms with E-state index >= 15 is 0 Å². The van der Waals surface area contributed by atoms with Crippen LogP contribution in [0.15, 0.2) is 59.8 Å². The standard InChI is InChI=1S/C22H25N5OS/c1-16(17-11-13-19(14-12-17)18-7-3-2-4-8-18)23-21(28)15-29-22-24-25-26-27(22)20-9-5-6-10-20/h2-4,7-8,11-14,16,20H,5-6,9-10,15H2,1H3,(H,23,28). The molecule has 6 nitrogen and oxygen atoms in total. The zero-order valence-corrected chi connectivity index (χ0v) is 17.3. The second-order valence-corrected chi connectivity index (χ2v) is 8.35. The van der Waals surface area contributed by atoms with Crippen LogP contribution in [0.2, 0.25) is 0 Å². The molecular weight excluding hydrogens is 382 g/mol. The molecule has 0 aliphatic heterocycles. The summed E-state index contributed by atoms with van der Waals surface area (Å²) in [5.41, 5.74) is 3.44. The molecule has 1 aliphatic carbocycles. The summed E-state index contributed by atoms with van der Waals surface area (Å²) in [6, 6.07) is 18.9. The van der Waals surface area contributed by atoms with Gasteiger partial charge in [0.1, 0.15) is 0 Å². The average molecular weight is 408 g/mol.